The summed E-state index contributed by atoms with van der Waals surface area (Å²) in [6.07, 6.45) is 0. The first kappa shape index (κ1) is 19.7. The third-order valence-corrected chi connectivity index (χ3v) is 5.31. The fourth-order valence-corrected chi connectivity index (χ4v) is 3.75. The van der Waals surface area contributed by atoms with Gasteiger partial charge in [-0.15, -0.1) is 0 Å². The molecule has 0 saturated heterocycles. The van der Waals surface area contributed by atoms with Crippen molar-refractivity contribution in [3.8, 4) is 0 Å². The summed E-state index contributed by atoms with van der Waals surface area (Å²) in [7, 11) is 0. The molecule has 27 heavy (non-hydrogen) atoms. The Morgan fingerprint density at radius 2 is 1.93 bits per heavy atom. The Labute approximate surface area is 168 Å². The highest BCUT2D eigenvalue weighted by atomic mass is 35.5. The van der Waals surface area contributed by atoms with E-state index in [4.69, 9.17) is 23.2 Å². The molecule has 2 aromatic rings. The lowest BCUT2D eigenvalue weighted by Crippen LogP contribution is -2.60. The number of rotatable bonds is 4. The molecule has 0 aliphatic carbocycles. The second-order valence-corrected chi connectivity index (χ2v) is 7.87. The number of carbonyl (C=O) groups is 2. The van der Waals surface area contributed by atoms with Gasteiger partial charge in [0.2, 0.25) is 11.8 Å². The van der Waals surface area contributed by atoms with Gasteiger partial charge < -0.3 is 10.6 Å². The van der Waals surface area contributed by atoms with Crippen LogP contribution in [0.5, 0.6) is 0 Å². The van der Waals surface area contributed by atoms with Crippen LogP contribution in [0, 0.1) is 0 Å². The molecule has 1 heterocycles. The molecule has 1 aliphatic heterocycles. The van der Waals surface area contributed by atoms with E-state index < -0.39 is 5.54 Å². The number of hydrogen-bond acceptors (Lipinski definition) is 3. The van der Waals surface area contributed by atoms with Crippen molar-refractivity contribution in [3.63, 3.8) is 0 Å². The number of fused-ring (bicyclic) bond motifs is 1. The molecular formula is C20H21Cl2N3O2. The topological polar surface area (TPSA) is 61.4 Å². The molecule has 0 unspecified atom stereocenters. The number of carbonyl (C=O) groups excluding carboxylic acids is 2. The van der Waals surface area contributed by atoms with Crippen LogP contribution in [0.25, 0.3) is 0 Å². The molecule has 0 spiro atoms. The highest BCUT2D eigenvalue weighted by Crippen LogP contribution is 2.36. The molecule has 5 nitrogen and oxygen atoms in total. The van der Waals surface area contributed by atoms with Crippen molar-refractivity contribution in [2.24, 2.45) is 0 Å². The van der Waals surface area contributed by atoms with Crippen molar-refractivity contribution >= 4 is 46.4 Å². The normalized spacial score (nSPS) is 16.5. The minimum Gasteiger partial charge on any atom is -0.322 e. The largest absolute Gasteiger partial charge is 0.322 e. The van der Waals surface area contributed by atoms with Gasteiger partial charge in [-0.1, -0.05) is 41.4 Å². The Balaban J connectivity index is 1.80. The van der Waals surface area contributed by atoms with E-state index in [1.807, 2.05) is 31.2 Å². The molecule has 2 aromatic carbocycles. The number of nitrogens with one attached hydrogen (secondary N) is 2. The van der Waals surface area contributed by atoms with Crippen molar-refractivity contribution in [2.45, 2.75) is 32.4 Å². The zero-order valence-electron chi connectivity index (χ0n) is 15.3. The van der Waals surface area contributed by atoms with Crippen molar-refractivity contribution in [3.05, 3.63) is 58.1 Å². The highest BCUT2D eigenvalue weighted by Gasteiger charge is 2.43. The van der Waals surface area contributed by atoms with Gasteiger partial charge in [-0.05, 0) is 50.6 Å². The molecule has 7 heteroatoms. The molecule has 2 N–H and O–H groups in total. The van der Waals surface area contributed by atoms with Crippen LogP contribution in [0.15, 0.2) is 42.5 Å². The zero-order chi connectivity index (χ0) is 19.8. The van der Waals surface area contributed by atoms with Crippen LogP contribution >= 0.6 is 23.2 Å². The van der Waals surface area contributed by atoms with Crippen LogP contribution < -0.4 is 15.5 Å². The Hall–Kier alpha value is -2.08. The van der Waals surface area contributed by atoms with Crippen molar-refractivity contribution in [1.29, 1.82) is 0 Å². The van der Waals surface area contributed by atoms with Gasteiger partial charge in [0, 0.05) is 16.1 Å². The van der Waals surface area contributed by atoms with Gasteiger partial charge in [0.15, 0.2) is 0 Å². The van der Waals surface area contributed by atoms with E-state index in [1.165, 1.54) is 0 Å². The molecule has 0 radical (unpaired) electrons. The standard InChI is InChI=1S/C20H21Cl2N3O2/c1-12(14-9-8-13(21)10-15(14)22)23-11-18(26)25-17-7-5-4-6-16(17)24-19(27)20(25,2)3/h4-10,12,23H,11H2,1-3H3,(H,24,27)/t12-/m1/s1. The molecule has 0 bridgehead atoms. The first-order valence-electron chi connectivity index (χ1n) is 8.63. The number of hydrogen-bond donors (Lipinski definition) is 2. The monoisotopic (exact) mass is 405 g/mol. The summed E-state index contributed by atoms with van der Waals surface area (Å²) in [5, 5.41) is 7.14. The maximum absolute atomic E-state index is 13.0. The molecule has 1 atom stereocenters. The summed E-state index contributed by atoms with van der Waals surface area (Å²) >= 11 is 12.2. The first-order valence-corrected chi connectivity index (χ1v) is 9.39. The van der Waals surface area contributed by atoms with Crippen molar-refractivity contribution < 1.29 is 9.59 Å². The van der Waals surface area contributed by atoms with Crippen LogP contribution in [0.3, 0.4) is 0 Å². The maximum Gasteiger partial charge on any atom is 0.250 e. The molecule has 1 aliphatic rings. The Morgan fingerprint density at radius 1 is 1.22 bits per heavy atom. The van der Waals surface area contributed by atoms with Crippen LogP contribution in [0.4, 0.5) is 11.4 Å². The van der Waals surface area contributed by atoms with Gasteiger partial charge in [0.05, 0.1) is 17.9 Å². The van der Waals surface area contributed by atoms with Gasteiger partial charge in [0.25, 0.3) is 0 Å². The van der Waals surface area contributed by atoms with Gasteiger partial charge in [-0.3, -0.25) is 14.5 Å². The van der Waals surface area contributed by atoms with Crippen LogP contribution in [-0.2, 0) is 9.59 Å². The molecule has 2 amide bonds. The van der Waals surface area contributed by atoms with E-state index >= 15 is 0 Å². The summed E-state index contributed by atoms with van der Waals surface area (Å²) in [6, 6.07) is 12.4. The maximum atomic E-state index is 13.0. The number of nitrogens with zero attached hydrogens (tertiary/aromatic N) is 1. The number of halogens is 2. The summed E-state index contributed by atoms with van der Waals surface area (Å²) in [4.78, 5) is 27.0. The van der Waals surface area contributed by atoms with Gasteiger partial charge >= 0.3 is 0 Å². The third kappa shape index (κ3) is 3.81. The molecular weight excluding hydrogens is 385 g/mol. The van der Waals surface area contributed by atoms with E-state index in [0.717, 1.165) is 5.56 Å². The molecule has 142 valence electrons. The zero-order valence-corrected chi connectivity index (χ0v) is 16.9. The quantitative estimate of drug-likeness (QED) is 0.791. The number of para-hydroxylation sites is 2. The van der Waals surface area contributed by atoms with Crippen LogP contribution in [0.2, 0.25) is 10.0 Å². The summed E-state index contributed by atoms with van der Waals surface area (Å²) in [5.41, 5.74) is 1.17. The van der Waals surface area contributed by atoms with E-state index in [2.05, 4.69) is 10.6 Å². The van der Waals surface area contributed by atoms with Gasteiger partial charge in [-0.2, -0.15) is 0 Å². The highest BCUT2D eigenvalue weighted by molar-refractivity contribution is 6.35. The lowest BCUT2D eigenvalue weighted by molar-refractivity contribution is -0.126. The van der Waals surface area contributed by atoms with E-state index in [-0.39, 0.29) is 24.4 Å². The Morgan fingerprint density at radius 3 is 2.63 bits per heavy atom. The summed E-state index contributed by atoms with van der Waals surface area (Å²) < 4.78 is 0. The fourth-order valence-electron chi connectivity index (χ4n) is 3.18. The lowest BCUT2D eigenvalue weighted by atomic mass is 9.96. The van der Waals surface area contributed by atoms with E-state index in [9.17, 15) is 9.59 Å². The molecule has 0 aromatic heterocycles. The Kier molecular flexibility index (Phi) is 5.47. The molecule has 0 saturated carbocycles. The minimum atomic E-state index is -0.992. The second kappa shape index (κ2) is 7.50. The van der Waals surface area contributed by atoms with Crippen molar-refractivity contribution in [1.82, 2.24) is 5.32 Å². The number of anilines is 2. The summed E-state index contributed by atoms with van der Waals surface area (Å²) in [6.45, 7) is 5.45. The lowest BCUT2D eigenvalue weighted by Gasteiger charge is -2.42. The average molecular weight is 406 g/mol. The minimum absolute atomic E-state index is 0.0607. The fraction of sp³-hybridized carbons (Fsp3) is 0.300. The van der Waals surface area contributed by atoms with E-state index in [0.29, 0.717) is 21.4 Å². The predicted molar refractivity (Wildman–Crippen MR) is 110 cm³/mol. The number of amides is 2. The number of benzene rings is 2. The van der Waals surface area contributed by atoms with Gasteiger partial charge in [0.1, 0.15) is 5.54 Å². The predicted octanol–water partition coefficient (Wildman–Crippen LogP) is 4.41. The van der Waals surface area contributed by atoms with Crippen molar-refractivity contribution in [2.75, 3.05) is 16.8 Å². The van der Waals surface area contributed by atoms with Crippen LogP contribution in [0.1, 0.15) is 32.4 Å². The van der Waals surface area contributed by atoms with Gasteiger partial charge in [-0.25, -0.2) is 0 Å². The third-order valence-electron chi connectivity index (χ3n) is 4.75. The average Bonchev–Trinajstić information content (AvgIpc) is 2.60. The van der Waals surface area contributed by atoms with E-state index in [1.54, 1.807) is 36.9 Å². The second-order valence-electron chi connectivity index (χ2n) is 7.03. The Bertz CT molecular complexity index is 899. The van der Waals surface area contributed by atoms with Crippen LogP contribution in [-0.4, -0.2) is 23.9 Å². The first-order chi connectivity index (χ1) is 12.7. The summed E-state index contributed by atoms with van der Waals surface area (Å²) in [5.74, 6) is -0.414. The molecule has 3 rings (SSSR count). The SMILES string of the molecule is C[C@@H](NCC(=O)N1c2ccccc2NC(=O)C1(C)C)c1ccc(Cl)cc1Cl. The smallest absolute Gasteiger partial charge is 0.250 e. The molecule has 0 fully saturated rings.